The van der Waals surface area contributed by atoms with Crippen LogP contribution in [0, 0.1) is 0 Å². The number of rotatable bonds is 8. The largest absolute Gasteiger partial charge is 0.480 e. The van der Waals surface area contributed by atoms with Crippen molar-refractivity contribution in [3.63, 3.8) is 0 Å². The summed E-state index contributed by atoms with van der Waals surface area (Å²) in [5.41, 5.74) is 1.10. The lowest BCUT2D eigenvalue weighted by Gasteiger charge is -2.24. The fourth-order valence-electron chi connectivity index (χ4n) is 2.06. The molecule has 0 aromatic carbocycles. The average Bonchev–Trinajstić information content (AvgIpc) is 3.16. The molecule has 0 spiro atoms. The van der Waals surface area contributed by atoms with Crippen LogP contribution >= 0.6 is 23.1 Å². The second-order valence-corrected chi connectivity index (χ2v) is 6.88. The first-order valence-electron chi connectivity index (χ1n) is 6.91. The number of carboxylic acids is 1. The molecule has 1 aromatic heterocycles. The zero-order valence-electron chi connectivity index (χ0n) is 11.9. The number of nitrogens with one attached hydrogen (secondary N) is 1. The van der Waals surface area contributed by atoms with Gasteiger partial charge in [0, 0.05) is 12.6 Å². The Morgan fingerprint density at radius 1 is 1.57 bits per heavy atom. The average molecular weight is 328 g/mol. The van der Waals surface area contributed by atoms with E-state index in [1.807, 2.05) is 23.1 Å². The Morgan fingerprint density at radius 3 is 2.86 bits per heavy atom. The van der Waals surface area contributed by atoms with E-state index in [2.05, 4.69) is 5.32 Å². The molecule has 0 aliphatic heterocycles. The highest BCUT2D eigenvalue weighted by atomic mass is 32.2. The molecule has 1 atom stereocenters. The van der Waals surface area contributed by atoms with Gasteiger partial charge in [0.05, 0.1) is 0 Å². The molecule has 1 fully saturated rings. The number of thiophene rings is 1. The smallest absolute Gasteiger partial charge is 0.326 e. The van der Waals surface area contributed by atoms with E-state index in [1.54, 1.807) is 28.0 Å². The minimum absolute atomic E-state index is 0.250. The van der Waals surface area contributed by atoms with E-state index in [0.717, 1.165) is 18.4 Å². The summed E-state index contributed by atoms with van der Waals surface area (Å²) in [4.78, 5) is 25.4. The molecule has 1 aliphatic carbocycles. The van der Waals surface area contributed by atoms with Crippen LogP contribution in [0.4, 0.5) is 4.79 Å². The molecule has 21 heavy (non-hydrogen) atoms. The van der Waals surface area contributed by atoms with Crippen molar-refractivity contribution in [1.29, 1.82) is 0 Å². The van der Waals surface area contributed by atoms with Gasteiger partial charge >= 0.3 is 12.0 Å². The van der Waals surface area contributed by atoms with Crippen molar-refractivity contribution in [1.82, 2.24) is 10.2 Å². The molecule has 5 nitrogen and oxygen atoms in total. The summed E-state index contributed by atoms with van der Waals surface area (Å²) in [5, 5.41) is 15.9. The molecular weight excluding hydrogens is 308 g/mol. The molecule has 0 radical (unpaired) electrons. The van der Waals surface area contributed by atoms with Crippen molar-refractivity contribution >= 4 is 35.1 Å². The number of hydrogen-bond donors (Lipinski definition) is 2. The highest BCUT2D eigenvalue weighted by Crippen LogP contribution is 2.28. The third-order valence-corrected chi connectivity index (χ3v) is 4.76. The van der Waals surface area contributed by atoms with Crippen LogP contribution in [0.1, 0.15) is 24.8 Å². The number of amides is 2. The van der Waals surface area contributed by atoms with Gasteiger partial charge in [-0.2, -0.15) is 23.1 Å². The molecule has 116 valence electrons. The summed E-state index contributed by atoms with van der Waals surface area (Å²) in [6.07, 6.45) is 4.37. The first-order chi connectivity index (χ1) is 10.1. The van der Waals surface area contributed by atoms with Crippen LogP contribution in [-0.4, -0.2) is 46.1 Å². The molecule has 1 aromatic rings. The van der Waals surface area contributed by atoms with Gasteiger partial charge in [-0.25, -0.2) is 9.59 Å². The number of carboxylic acid groups (broad SMARTS) is 1. The lowest BCUT2D eigenvalue weighted by molar-refractivity contribution is -0.139. The van der Waals surface area contributed by atoms with Gasteiger partial charge in [-0.1, -0.05) is 0 Å². The Hall–Kier alpha value is -1.21. The zero-order chi connectivity index (χ0) is 15.2. The highest BCUT2D eigenvalue weighted by Gasteiger charge is 2.34. The second kappa shape index (κ2) is 7.70. The predicted octanol–water partition coefficient (Wildman–Crippen LogP) is 2.63. The number of carbonyl (C=O) groups is 2. The first kappa shape index (κ1) is 16.2. The van der Waals surface area contributed by atoms with Crippen molar-refractivity contribution in [2.75, 3.05) is 12.0 Å². The summed E-state index contributed by atoms with van der Waals surface area (Å²) in [7, 11) is 0. The third-order valence-electron chi connectivity index (χ3n) is 3.39. The van der Waals surface area contributed by atoms with Gasteiger partial charge in [0.15, 0.2) is 0 Å². The maximum absolute atomic E-state index is 12.4. The van der Waals surface area contributed by atoms with E-state index >= 15 is 0 Å². The zero-order valence-corrected chi connectivity index (χ0v) is 13.6. The Labute approximate surface area is 132 Å². The molecule has 2 N–H and O–H groups in total. The van der Waals surface area contributed by atoms with Gasteiger partial charge in [0.25, 0.3) is 0 Å². The van der Waals surface area contributed by atoms with Gasteiger partial charge in [-0.05, 0) is 53.7 Å². The Kier molecular flexibility index (Phi) is 5.93. The lowest BCUT2D eigenvalue weighted by Crippen LogP contribution is -2.48. The summed E-state index contributed by atoms with van der Waals surface area (Å²) < 4.78 is 0. The Balaban J connectivity index is 1.95. The van der Waals surface area contributed by atoms with Gasteiger partial charge in [-0.3, -0.25) is 0 Å². The summed E-state index contributed by atoms with van der Waals surface area (Å²) in [6, 6.07) is 1.17. The fourth-order valence-corrected chi connectivity index (χ4v) is 3.19. The topological polar surface area (TPSA) is 69.6 Å². The maximum atomic E-state index is 12.4. The molecule has 2 amide bonds. The van der Waals surface area contributed by atoms with E-state index in [4.69, 9.17) is 0 Å². The Morgan fingerprint density at radius 2 is 2.33 bits per heavy atom. The second-order valence-electron chi connectivity index (χ2n) is 5.11. The van der Waals surface area contributed by atoms with Gasteiger partial charge in [-0.15, -0.1) is 0 Å². The number of hydrogen-bond acceptors (Lipinski definition) is 4. The number of aliphatic carboxylic acids is 1. The minimum Gasteiger partial charge on any atom is -0.480 e. The quantitative estimate of drug-likeness (QED) is 0.770. The van der Waals surface area contributed by atoms with Gasteiger partial charge in [0.1, 0.15) is 6.04 Å². The predicted molar refractivity (Wildman–Crippen MR) is 85.8 cm³/mol. The van der Waals surface area contributed by atoms with Crippen molar-refractivity contribution < 1.29 is 14.7 Å². The molecule has 0 bridgehead atoms. The van der Waals surface area contributed by atoms with E-state index in [9.17, 15) is 14.7 Å². The molecule has 0 unspecified atom stereocenters. The monoisotopic (exact) mass is 328 g/mol. The highest BCUT2D eigenvalue weighted by molar-refractivity contribution is 7.98. The molecule has 7 heteroatoms. The molecule has 2 rings (SSSR count). The van der Waals surface area contributed by atoms with Crippen LogP contribution < -0.4 is 5.32 Å². The number of thioether (sulfide) groups is 1. The molecule has 1 aliphatic rings. The van der Waals surface area contributed by atoms with Crippen LogP contribution in [0.5, 0.6) is 0 Å². The van der Waals surface area contributed by atoms with Gasteiger partial charge in [0.2, 0.25) is 0 Å². The molecule has 1 heterocycles. The summed E-state index contributed by atoms with van der Waals surface area (Å²) in [6.45, 7) is 0.550. The van der Waals surface area contributed by atoms with Crippen molar-refractivity contribution in [2.45, 2.75) is 37.9 Å². The third kappa shape index (κ3) is 4.93. The minimum atomic E-state index is -0.969. The number of nitrogens with zero attached hydrogens (tertiary/aromatic N) is 1. The van der Waals surface area contributed by atoms with Crippen molar-refractivity contribution in [3.05, 3.63) is 22.4 Å². The summed E-state index contributed by atoms with van der Waals surface area (Å²) >= 11 is 3.18. The van der Waals surface area contributed by atoms with E-state index in [-0.39, 0.29) is 12.1 Å². The van der Waals surface area contributed by atoms with Gasteiger partial charge < -0.3 is 15.3 Å². The van der Waals surface area contributed by atoms with Crippen molar-refractivity contribution in [3.8, 4) is 0 Å². The molecule has 1 saturated carbocycles. The SMILES string of the molecule is CSCC[C@H](NC(=O)N(Cc1ccsc1)C1CC1)C(=O)O. The van der Waals surface area contributed by atoms with Crippen molar-refractivity contribution in [2.24, 2.45) is 0 Å². The van der Waals surface area contributed by atoms with E-state index in [1.165, 1.54) is 0 Å². The number of urea groups is 1. The lowest BCUT2D eigenvalue weighted by atomic mass is 10.2. The van der Waals surface area contributed by atoms with Crippen LogP contribution in [0.25, 0.3) is 0 Å². The maximum Gasteiger partial charge on any atom is 0.326 e. The molecular formula is C14H20N2O3S2. The standard InChI is InChI=1S/C14H20N2O3S2/c1-20-6-5-12(13(17)18)15-14(19)16(11-2-3-11)8-10-4-7-21-9-10/h4,7,9,11-12H,2-3,5-6,8H2,1H3,(H,15,19)(H,17,18)/t12-/m0/s1. The van der Waals surface area contributed by atoms with Crippen LogP contribution in [0.2, 0.25) is 0 Å². The van der Waals surface area contributed by atoms with E-state index in [0.29, 0.717) is 18.7 Å². The van der Waals surface area contributed by atoms with Crippen LogP contribution in [0.15, 0.2) is 16.8 Å². The number of carbonyl (C=O) groups excluding carboxylic acids is 1. The summed E-state index contributed by atoms with van der Waals surface area (Å²) in [5.74, 6) is -0.255. The fraction of sp³-hybridized carbons (Fsp3) is 0.571. The normalized spacial score (nSPS) is 15.5. The van der Waals surface area contributed by atoms with E-state index < -0.39 is 12.0 Å². The van der Waals surface area contributed by atoms with Crippen LogP contribution in [0.3, 0.4) is 0 Å². The molecule has 0 saturated heterocycles. The Bertz CT molecular complexity index is 475. The van der Waals surface area contributed by atoms with Crippen LogP contribution in [-0.2, 0) is 11.3 Å². The first-order valence-corrected chi connectivity index (χ1v) is 9.25.